The lowest BCUT2D eigenvalue weighted by molar-refractivity contribution is 0.0924. The monoisotopic (exact) mass is 269 g/mol. The first-order chi connectivity index (χ1) is 9.59. The van der Waals surface area contributed by atoms with Gasteiger partial charge in [0.2, 0.25) is 0 Å². The highest BCUT2D eigenvalue weighted by molar-refractivity contribution is 6.10. The second-order valence-corrected chi connectivity index (χ2v) is 6.40. The lowest BCUT2D eigenvalue weighted by Gasteiger charge is -2.09. The summed E-state index contributed by atoms with van der Waals surface area (Å²) in [4.78, 5) is 16.3. The molecule has 0 amide bonds. The third kappa shape index (κ3) is 2.07. The van der Waals surface area contributed by atoms with Gasteiger partial charge in [0, 0.05) is 28.1 Å². The van der Waals surface area contributed by atoms with Crippen LogP contribution in [-0.4, -0.2) is 10.8 Å². The number of para-hydroxylation sites is 1. The molecular formula is C18H23NO. The molecule has 0 bridgehead atoms. The van der Waals surface area contributed by atoms with Crippen LogP contribution in [-0.2, 0) is 0 Å². The van der Waals surface area contributed by atoms with E-state index in [2.05, 4.69) is 37.0 Å². The molecule has 106 valence electrons. The maximum atomic E-state index is 12.8. The van der Waals surface area contributed by atoms with Gasteiger partial charge in [-0.3, -0.25) is 4.79 Å². The van der Waals surface area contributed by atoms with E-state index in [0.717, 1.165) is 35.0 Å². The fourth-order valence-corrected chi connectivity index (χ4v) is 3.56. The first-order valence-electron chi connectivity index (χ1n) is 7.75. The minimum atomic E-state index is 0.246. The summed E-state index contributed by atoms with van der Waals surface area (Å²) in [7, 11) is 0. The molecule has 1 aliphatic rings. The third-order valence-electron chi connectivity index (χ3n) is 4.65. The summed E-state index contributed by atoms with van der Waals surface area (Å²) in [5.41, 5.74) is 4.43. The van der Waals surface area contributed by atoms with Gasteiger partial charge in [-0.15, -0.1) is 0 Å². The van der Waals surface area contributed by atoms with Gasteiger partial charge in [-0.05, 0) is 31.2 Å². The number of H-pyrrole nitrogens is 1. The van der Waals surface area contributed by atoms with Crippen LogP contribution in [0, 0.1) is 12.8 Å². The van der Waals surface area contributed by atoms with E-state index in [1.165, 1.54) is 18.4 Å². The predicted molar refractivity (Wildman–Crippen MR) is 83.4 cm³/mol. The van der Waals surface area contributed by atoms with Crippen molar-refractivity contribution in [3.05, 3.63) is 35.0 Å². The van der Waals surface area contributed by atoms with Crippen LogP contribution in [0.25, 0.3) is 10.9 Å². The number of fused-ring (bicyclic) bond motifs is 1. The summed E-state index contributed by atoms with van der Waals surface area (Å²) >= 11 is 0. The summed E-state index contributed by atoms with van der Waals surface area (Å²) in [6.07, 6.45) is 4.54. The number of rotatable bonds is 3. The molecule has 3 rings (SSSR count). The number of Topliss-reactive ketones (excluding diaryl/α,β-unsaturated/α-hetero) is 1. The molecule has 1 aromatic heterocycles. The van der Waals surface area contributed by atoms with Crippen molar-refractivity contribution < 1.29 is 4.79 Å². The molecule has 1 heterocycles. The zero-order chi connectivity index (χ0) is 14.3. The van der Waals surface area contributed by atoms with Gasteiger partial charge in [-0.25, -0.2) is 0 Å². The van der Waals surface area contributed by atoms with Crippen LogP contribution in [0.1, 0.15) is 67.1 Å². The molecule has 0 spiro atoms. The molecule has 1 N–H and O–H groups in total. The van der Waals surface area contributed by atoms with Crippen LogP contribution in [0.5, 0.6) is 0 Å². The highest BCUT2D eigenvalue weighted by atomic mass is 16.1. The molecule has 0 radical (unpaired) electrons. The van der Waals surface area contributed by atoms with Gasteiger partial charge in [0.15, 0.2) is 5.78 Å². The molecular weight excluding hydrogens is 246 g/mol. The van der Waals surface area contributed by atoms with Gasteiger partial charge in [0.25, 0.3) is 0 Å². The SMILES string of the molecule is Cc1[nH]c2c(C(C)C)cccc2c1C(=O)C1CCCC1. The second kappa shape index (κ2) is 5.08. The van der Waals surface area contributed by atoms with E-state index in [9.17, 15) is 4.79 Å². The molecule has 1 fully saturated rings. The number of benzene rings is 1. The minimum Gasteiger partial charge on any atom is -0.358 e. The third-order valence-corrected chi connectivity index (χ3v) is 4.65. The standard InChI is InChI=1S/C18H23NO/c1-11(2)14-9-6-10-15-16(12(3)19-17(14)15)18(20)13-7-4-5-8-13/h6,9-11,13,19H,4-5,7-8H2,1-3H3. The Morgan fingerprint density at radius 2 is 1.95 bits per heavy atom. The molecule has 1 aliphatic carbocycles. The number of aryl methyl sites for hydroxylation is 1. The fraction of sp³-hybridized carbons (Fsp3) is 0.500. The summed E-state index contributed by atoms with van der Waals surface area (Å²) in [6, 6.07) is 6.33. The number of hydrogen-bond donors (Lipinski definition) is 1. The normalized spacial score (nSPS) is 16.4. The summed E-state index contributed by atoms with van der Waals surface area (Å²) < 4.78 is 0. The molecule has 1 saturated carbocycles. The van der Waals surface area contributed by atoms with Crippen LogP contribution in [0.3, 0.4) is 0 Å². The molecule has 0 unspecified atom stereocenters. The topological polar surface area (TPSA) is 32.9 Å². The van der Waals surface area contributed by atoms with E-state index < -0.39 is 0 Å². The number of hydrogen-bond acceptors (Lipinski definition) is 1. The van der Waals surface area contributed by atoms with E-state index >= 15 is 0 Å². The maximum absolute atomic E-state index is 12.8. The first kappa shape index (κ1) is 13.4. The van der Waals surface area contributed by atoms with E-state index in [1.807, 2.05) is 6.92 Å². The zero-order valence-corrected chi connectivity index (χ0v) is 12.6. The Balaban J connectivity index is 2.13. The first-order valence-corrected chi connectivity index (χ1v) is 7.75. The van der Waals surface area contributed by atoms with Crippen molar-refractivity contribution >= 4 is 16.7 Å². The summed E-state index contributed by atoms with van der Waals surface area (Å²) in [6.45, 7) is 6.43. The minimum absolute atomic E-state index is 0.246. The molecule has 1 aromatic carbocycles. The van der Waals surface area contributed by atoms with Gasteiger partial charge in [-0.2, -0.15) is 0 Å². The average molecular weight is 269 g/mol. The lowest BCUT2D eigenvalue weighted by Crippen LogP contribution is -2.11. The molecule has 0 aliphatic heterocycles. The Labute approximate surface area is 120 Å². The van der Waals surface area contributed by atoms with Gasteiger partial charge in [-0.1, -0.05) is 44.9 Å². The van der Waals surface area contributed by atoms with E-state index in [4.69, 9.17) is 0 Å². The van der Waals surface area contributed by atoms with Crippen LogP contribution < -0.4 is 0 Å². The fourth-order valence-electron chi connectivity index (χ4n) is 3.56. The quantitative estimate of drug-likeness (QED) is 0.784. The smallest absolute Gasteiger partial charge is 0.168 e. The number of nitrogens with one attached hydrogen (secondary N) is 1. The molecule has 0 saturated heterocycles. The Kier molecular flexibility index (Phi) is 3.41. The van der Waals surface area contributed by atoms with E-state index in [1.54, 1.807) is 0 Å². The summed E-state index contributed by atoms with van der Waals surface area (Å²) in [5, 5.41) is 1.12. The van der Waals surface area contributed by atoms with E-state index in [-0.39, 0.29) is 5.92 Å². The maximum Gasteiger partial charge on any atom is 0.168 e. The molecule has 0 atom stereocenters. The number of carbonyl (C=O) groups is 1. The Bertz CT molecular complexity index is 645. The van der Waals surface area contributed by atoms with Crippen molar-refractivity contribution in [2.75, 3.05) is 0 Å². The van der Waals surface area contributed by atoms with Crippen LogP contribution in [0.15, 0.2) is 18.2 Å². The largest absolute Gasteiger partial charge is 0.358 e. The summed E-state index contributed by atoms with van der Waals surface area (Å²) in [5.74, 6) is 1.06. The van der Waals surface area contributed by atoms with Crippen molar-refractivity contribution in [1.29, 1.82) is 0 Å². The van der Waals surface area contributed by atoms with Gasteiger partial charge in [0.05, 0.1) is 0 Å². The molecule has 2 aromatic rings. The van der Waals surface area contributed by atoms with Crippen LogP contribution >= 0.6 is 0 Å². The number of aromatic nitrogens is 1. The van der Waals surface area contributed by atoms with Crippen molar-refractivity contribution in [3.63, 3.8) is 0 Å². The Morgan fingerprint density at radius 3 is 2.60 bits per heavy atom. The van der Waals surface area contributed by atoms with Gasteiger partial charge >= 0.3 is 0 Å². The Hall–Kier alpha value is -1.57. The zero-order valence-electron chi connectivity index (χ0n) is 12.6. The Morgan fingerprint density at radius 1 is 1.25 bits per heavy atom. The van der Waals surface area contributed by atoms with E-state index in [0.29, 0.717) is 11.7 Å². The number of carbonyl (C=O) groups excluding carboxylic acids is 1. The highest BCUT2D eigenvalue weighted by Crippen LogP contribution is 2.34. The van der Waals surface area contributed by atoms with Crippen molar-refractivity contribution in [2.45, 2.75) is 52.4 Å². The van der Waals surface area contributed by atoms with Crippen molar-refractivity contribution in [2.24, 2.45) is 5.92 Å². The van der Waals surface area contributed by atoms with Crippen molar-refractivity contribution in [3.8, 4) is 0 Å². The molecule has 2 nitrogen and oxygen atoms in total. The van der Waals surface area contributed by atoms with Crippen molar-refractivity contribution in [1.82, 2.24) is 4.98 Å². The van der Waals surface area contributed by atoms with Gasteiger partial charge < -0.3 is 4.98 Å². The van der Waals surface area contributed by atoms with Crippen LogP contribution in [0.2, 0.25) is 0 Å². The predicted octanol–water partition coefficient (Wildman–Crippen LogP) is 4.97. The number of ketones is 1. The number of aromatic amines is 1. The average Bonchev–Trinajstić information content (AvgIpc) is 3.03. The van der Waals surface area contributed by atoms with Gasteiger partial charge in [0.1, 0.15) is 0 Å². The molecule has 2 heteroatoms. The lowest BCUT2D eigenvalue weighted by atomic mass is 9.93. The second-order valence-electron chi connectivity index (χ2n) is 6.40. The molecule has 20 heavy (non-hydrogen) atoms. The van der Waals surface area contributed by atoms with Crippen LogP contribution in [0.4, 0.5) is 0 Å². The highest BCUT2D eigenvalue weighted by Gasteiger charge is 2.27.